The zero-order valence-corrected chi connectivity index (χ0v) is 31.3. The van der Waals surface area contributed by atoms with Crippen LogP contribution in [-0.2, 0) is 33.2 Å². The summed E-state index contributed by atoms with van der Waals surface area (Å²) in [5.74, 6) is -0.724. The highest BCUT2D eigenvalue weighted by atomic mass is 80.0. The lowest BCUT2D eigenvalue weighted by molar-refractivity contribution is -0.193. The minimum absolute atomic E-state index is 0.250. The second-order valence-corrected chi connectivity index (χ2v) is 27.3. The number of carbonyl (C=O) groups excluding carboxylic acids is 6. The van der Waals surface area contributed by atoms with Gasteiger partial charge in [-0.15, -0.1) is 0 Å². The number of ether oxygens (including phenoxy) is 2. The van der Waals surface area contributed by atoms with Gasteiger partial charge in [0.15, 0.2) is 0 Å². The number of aromatic nitrogens is 2. The van der Waals surface area contributed by atoms with Crippen molar-refractivity contribution in [1.29, 1.82) is 0 Å². The van der Waals surface area contributed by atoms with Crippen molar-refractivity contribution in [2.75, 3.05) is 14.2 Å². The molecule has 43 heavy (non-hydrogen) atoms. The number of rotatable bonds is 2. The van der Waals surface area contributed by atoms with Crippen LogP contribution in [0.15, 0.2) is 58.0 Å². The van der Waals surface area contributed by atoms with Crippen LogP contribution in [0.2, 0.25) is 0 Å². The summed E-state index contributed by atoms with van der Waals surface area (Å²) in [6.45, 7) is 3.92. The average Bonchev–Trinajstić information content (AvgIpc) is 2.94. The molecule has 0 unspecified atom stereocenters. The molecule has 0 radical (unpaired) electrons. The number of nitrogens with zero attached hydrogens (tertiary/aromatic N) is 2. The summed E-state index contributed by atoms with van der Waals surface area (Å²) in [7, 11) is 2.74. The summed E-state index contributed by atoms with van der Waals surface area (Å²) in [5, 5.41) is 3.61. The minimum atomic E-state index is -2.20. The third-order valence-corrected chi connectivity index (χ3v) is 6.22. The lowest BCUT2D eigenvalue weighted by Gasteiger charge is -2.08. The fraction of sp³-hybridized carbons (Fsp3) is 0.154. The van der Waals surface area contributed by atoms with E-state index in [0.717, 1.165) is 41.9 Å². The summed E-state index contributed by atoms with van der Waals surface area (Å²) in [6, 6.07) is 11.6. The fourth-order valence-corrected chi connectivity index (χ4v) is 4.30. The maximum Gasteiger partial charge on any atom is 0.373 e. The van der Waals surface area contributed by atoms with Gasteiger partial charge in [0.05, 0.1) is 25.3 Å². The van der Waals surface area contributed by atoms with Gasteiger partial charge in [0.25, 0.3) is 3.25 Å². The Labute approximate surface area is 286 Å². The van der Waals surface area contributed by atoms with E-state index in [1.165, 1.54) is 26.6 Å². The van der Waals surface area contributed by atoms with Crippen LogP contribution in [0.1, 0.15) is 31.8 Å². The summed E-state index contributed by atoms with van der Waals surface area (Å²) in [4.78, 5) is 64.0. The van der Waals surface area contributed by atoms with Crippen LogP contribution in [-0.4, -0.2) is 48.4 Å². The van der Waals surface area contributed by atoms with Gasteiger partial charge in [0.2, 0.25) is 0 Å². The van der Waals surface area contributed by atoms with Gasteiger partial charge in [0, 0.05) is 80.4 Å². The Kier molecular flexibility index (Phi) is 19.4. The number of pyridine rings is 2. The number of fused-ring (bicyclic) bond motifs is 2. The van der Waals surface area contributed by atoms with Crippen molar-refractivity contribution in [3.8, 4) is 0 Å². The van der Waals surface area contributed by atoms with Crippen molar-refractivity contribution in [1.82, 2.24) is 9.97 Å². The molecule has 0 fully saturated rings. The number of hydrogen-bond acceptors (Lipinski definition) is 11. The van der Waals surface area contributed by atoms with Crippen LogP contribution in [0.3, 0.4) is 0 Å². The lowest BCUT2D eigenvalue weighted by atomic mass is 10.0. The van der Waals surface area contributed by atoms with E-state index in [1.807, 2.05) is 50.2 Å². The van der Waals surface area contributed by atoms with Crippen molar-refractivity contribution in [3.05, 3.63) is 80.3 Å². The zero-order valence-electron chi connectivity index (χ0n) is 22.5. The Morgan fingerprint density at radius 3 is 1.23 bits per heavy atom. The Morgan fingerprint density at radius 2 is 0.977 bits per heavy atom. The Hall–Kier alpha value is -2.41. The number of esters is 2. The molecular weight excluding hydrogens is 915 g/mol. The second-order valence-electron chi connectivity index (χ2n) is 7.47. The quantitative estimate of drug-likeness (QED) is 0.108. The van der Waals surface area contributed by atoms with E-state index in [-0.39, 0.29) is 24.2 Å². The Bertz CT molecular complexity index is 1580. The summed E-state index contributed by atoms with van der Waals surface area (Å²) < 4.78 is 18.7. The predicted molar refractivity (Wildman–Crippen MR) is 175 cm³/mol. The molecule has 0 N–H and O–H groups in total. The van der Waals surface area contributed by atoms with Crippen molar-refractivity contribution in [3.63, 3.8) is 0 Å². The summed E-state index contributed by atoms with van der Waals surface area (Å²) in [5.41, 5.74) is 3.06. The maximum atomic E-state index is 11.6. The monoisotopic (exact) mass is 930 g/mol. The first kappa shape index (κ1) is 40.6. The molecule has 0 aliphatic heterocycles. The molecule has 0 aliphatic carbocycles. The SMILES string of the molecule is COC(=O)c1cnc(Br)c2cccc(C)c12.COC(=O)c1cnc(Br)c2cccc(C)c12.O=C=O.O=C=O.O=P(Br)(Br)Br. The van der Waals surface area contributed by atoms with E-state index in [9.17, 15) is 14.2 Å². The predicted octanol–water partition coefficient (Wildman–Crippen LogP) is 8.30. The number of hydrogen-bond donors (Lipinski definition) is 0. The zero-order chi connectivity index (χ0) is 33.3. The number of aryl methyl sites for hydroxylation is 2. The van der Waals surface area contributed by atoms with Gasteiger partial charge < -0.3 is 9.47 Å². The van der Waals surface area contributed by atoms with E-state index in [2.05, 4.69) is 88.3 Å². The van der Waals surface area contributed by atoms with Gasteiger partial charge in [-0.1, -0.05) is 36.4 Å². The molecule has 4 aromatic rings. The molecular formula is C26H20Br5N2O9P. The molecule has 2 aromatic carbocycles. The van der Waals surface area contributed by atoms with Crippen LogP contribution in [0.25, 0.3) is 21.5 Å². The minimum Gasteiger partial charge on any atom is -0.465 e. The summed E-state index contributed by atoms with van der Waals surface area (Å²) in [6.07, 6.45) is 3.57. The highest BCUT2D eigenvalue weighted by Crippen LogP contribution is 2.68. The number of halogens is 5. The van der Waals surface area contributed by atoms with Gasteiger partial charge >= 0.3 is 24.2 Å². The topological polar surface area (TPSA) is 164 Å². The van der Waals surface area contributed by atoms with Gasteiger partial charge in [0.1, 0.15) is 9.21 Å². The van der Waals surface area contributed by atoms with Gasteiger partial charge in [-0.3, -0.25) is 4.57 Å². The molecule has 4 rings (SSSR count). The van der Waals surface area contributed by atoms with Crippen LogP contribution in [0, 0.1) is 13.8 Å². The average molecular weight is 935 g/mol. The molecule has 0 spiro atoms. The van der Waals surface area contributed by atoms with Crippen LogP contribution >= 0.6 is 81.6 Å². The Balaban J connectivity index is 0.000000615. The molecule has 2 aromatic heterocycles. The highest BCUT2D eigenvalue weighted by molar-refractivity contribution is 9.94. The molecule has 0 atom stereocenters. The van der Waals surface area contributed by atoms with Crippen LogP contribution in [0.5, 0.6) is 0 Å². The third kappa shape index (κ3) is 13.8. The molecule has 17 heteroatoms. The molecule has 0 saturated heterocycles. The van der Waals surface area contributed by atoms with E-state index in [1.54, 1.807) is 0 Å². The molecule has 0 aliphatic rings. The van der Waals surface area contributed by atoms with E-state index < -0.39 is 3.25 Å². The van der Waals surface area contributed by atoms with Crippen molar-refractivity contribution in [2.45, 2.75) is 13.8 Å². The smallest absolute Gasteiger partial charge is 0.373 e. The van der Waals surface area contributed by atoms with Crippen LogP contribution < -0.4 is 0 Å². The standard InChI is InChI=1S/2C12H10BrNO2.2CO2.Br3OP/c2*1-7-4-3-5-8-10(7)9(12(15)16-2)6-14-11(8)13;2*2-1-3;1-5(2,3)4/h2*3-6H,1-2H3;;;. The molecule has 0 amide bonds. The first-order valence-corrected chi connectivity index (χ1v) is 20.4. The van der Waals surface area contributed by atoms with Crippen molar-refractivity contribution >= 4 is 127 Å². The molecule has 2 heterocycles. The van der Waals surface area contributed by atoms with Gasteiger partial charge in [-0.2, -0.15) is 19.2 Å². The van der Waals surface area contributed by atoms with E-state index in [4.69, 9.17) is 28.7 Å². The summed E-state index contributed by atoms with van der Waals surface area (Å²) >= 11 is 15.0. The van der Waals surface area contributed by atoms with E-state index >= 15 is 0 Å². The van der Waals surface area contributed by atoms with Gasteiger partial charge in [-0.25, -0.2) is 19.6 Å². The normalized spacial score (nSPS) is 9.51. The van der Waals surface area contributed by atoms with Crippen molar-refractivity contribution < 1.29 is 42.8 Å². The third-order valence-electron chi connectivity index (χ3n) is 4.95. The number of methoxy groups -OCH3 is 2. The Morgan fingerprint density at radius 1 is 0.698 bits per heavy atom. The maximum absolute atomic E-state index is 11.6. The molecule has 0 bridgehead atoms. The largest absolute Gasteiger partial charge is 0.465 e. The van der Waals surface area contributed by atoms with Crippen LogP contribution in [0.4, 0.5) is 0 Å². The van der Waals surface area contributed by atoms with Crippen molar-refractivity contribution in [2.24, 2.45) is 0 Å². The first-order chi connectivity index (χ1) is 20.1. The van der Waals surface area contributed by atoms with Gasteiger partial charge in [-0.05, 0) is 56.8 Å². The second kappa shape index (κ2) is 20.5. The fourth-order valence-electron chi connectivity index (χ4n) is 3.43. The highest BCUT2D eigenvalue weighted by Gasteiger charge is 2.15. The lowest BCUT2D eigenvalue weighted by Crippen LogP contribution is -2.04. The molecule has 11 nitrogen and oxygen atoms in total. The molecule has 228 valence electrons. The molecule has 0 saturated carbocycles. The first-order valence-electron chi connectivity index (χ1n) is 11.0. The van der Waals surface area contributed by atoms with E-state index in [0.29, 0.717) is 11.1 Å². The number of carbonyl (C=O) groups is 2. The number of benzene rings is 2.